The van der Waals surface area contributed by atoms with Gasteiger partial charge in [-0.05, 0) is 23.7 Å². The lowest BCUT2D eigenvalue weighted by atomic mass is 10.2. The Kier molecular flexibility index (Phi) is 3.77. The van der Waals surface area contributed by atoms with Crippen molar-refractivity contribution in [3.8, 4) is 6.07 Å². The monoisotopic (exact) mass is 289 g/mol. The SMILES string of the molecule is CN(c1ccccc1C#N)c1nc(Cl)ncc1[N+](=O)[O-]. The van der Waals surface area contributed by atoms with Crippen LogP contribution in [0.5, 0.6) is 0 Å². The molecule has 0 N–H and O–H groups in total. The molecule has 2 aromatic rings. The Labute approximate surface area is 119 Å². The second-order valence-corrected chi connectivity index (χ2v) is 4.13. The Hall–Kier alpha value is -2.72. The van der Waals surface area contributed by atoms with Crippen molar-refractivity contribution >= 4 is 28.8 Å². The molecule has 20 heavy (non-hydrogen) atoms. The summed E-state index contributed by atoms with van der Waals surface area (Å²) in [6.45, 7) is 0. The highest BCUT2D eigenvalue weighted by atomic mass is 35.5. The molecular weight excluding hydrogens is 282 g/mol. The van der Waals surface area contributed by atoms with Crippen molar-refractivity contribution in [1.29, 1.82) is 5.26 Å². The number of anilines is 2. The van der Waals surface area contributed by atoms with E-state index in [0.717, 1.165) is 6.20 Å². The first kappa shape index (κ1) is 13.7. The number of rotatable bonds is 3. The number of para-hydroxylation sites is 1. The van der Waals surface area contributed by atoms with Crippen molar-refractivity contribution in [2.24, 2.45) is 0 Å². The van der Waals surface area contributed by atoms with Gasteiger partial charge in [-0.25, -0.2) is 4.98 Å². The molecule has 0 aliphatic carbocycles. The number of aromatic nitrogens is 2. The third-order valence-electron chi connectivity index (χ3n) is 2.62. The molecule has 100 valence electrons. The number of halogens is 1. The molecule has 0 spiro atoms. The molecule has 0 amide bonds. The molecule has 0 radical (unpaired) electrons. The standard InChI is InChI=1S/C12H8ClN5O2/c1-17(9-5-3-2-4-8(9)6-14)11-10(18(19)20)7-15-12(13)16-11/h2-5,7H,1H3. The van der Waals surface area contributed by atoms with Crippen LogP contribution in [-0.2, 0) is 0 Å². The average Bonchev–Trinajstić information content (AvgIpc) is 2.46. The molecule has 0 atom stereocenters. The summed E-state index contributed by atoms with van der Waals surface area (Å²) in [5.74, 6) is 0.0256. The normalized spacial score (nSPS) is 9.85. The van der Waals surface area contributed by atoms with Crippen molar-refractivity contribution in [1.82, 2.24) is 9.97 Å². The topological polar surface area (TPSA) is 96.0 Å². The van der Waals surface area contributed by atoms with Crippen LogP contribution in [0.4, 0.5) is 17.2 Å². The smallest absolute Gasteiger partial charge is 0.322 e. The second kappa shape index (κ2) is 5.50. The van der Waals surface area contributed by atoms with Crippen molar-refractivity contribution in [2.45, 2.75) is 0 Å². The third-order valence-corrected chi connectivity index (χ3v) is 2.80. The fourth-order valence-corrected chi connectivity index (χ4v) is 1.82. The van der Waals surface area contributed by atoms with E-state index in [4.69, 9.17) is 16.9 Å². The Balaban J connectivity index is 2.59. The first-order valence-corrected chi connectivity index (χ1v) is 5.82. The van der Waals surface area contributed by atoms with Crippen LogP contribution in [0.3, 0.4) is 0 Å². The summed E-state index contributed by atoms with van der Waals surface area (Å²) in [5.41, 5.74) is 0.580. The quantitative estimate of drug-likeness (QED) is 0.489. The highest BCUT2D eigenvalue weighted by molar-refractivity contribution is 6.28. The molecule has 0 saturated carbocycles. The molecule has 2 rings (SSSR count). The van der Waals surface area contributed by atoms with Gasteiger partial charge in [0.1, 0.15) is 12.3 Å². The molecule has 0 bridgehead atoms. The molecule has 0 aliphatic rings. The lowest BCUT2D eigenvalue weighted by Gasteiger charge is -2.18. The van der Waals surface area contributed by atoms with Gasteiger partial charge in [0, 0.05) is 7.05 Å². The van der Waals surface area contributed by atoms with E-state index < -0.39 is 4.92 Å². The van der Waals surface area contributed by atoms with E-state index in [-0.39, 0.29) is 16.8 Å². The summed E-state index contributed by atoms with van der Waals surface area (Å²) in [5, 5.41) is 20.0. The van der Waals surface area contributed by atoms with Crippen molar-refractivity contribution in [3.05, 3.63) is 51.4 Å². The summed E-state index contributed by atoms with van der Waals surface area (Å²) in [7, 11) is 1.57. The van der Waals surface area contributed by atoms with E-state index in [1.807, 2.05) is 6.07 Å². The van der Waals surface area contributed by atoms with Gasteiger partial charge >= 0.3 is 5.69 Å². The second-order valence-electron chi connectivity index (χ2n) is 3.79. The summed E-state index contributed by atoms with van der Waals surface area (Å²) in [6.07, 6.45) is 1.04. The molecule has 0 fully saturated rings. The van der Waals surface area contributed by atoms with Crippen LogP contribution >= 0.6 is 11.6 Å². The minimum Gasteiger partial charge on any atom is -0.322 e. The Morgan fingerprint density at radius 1 is 1.45 bits per heavy atom. The van der Waals surface area contributed by atoms with Crippen LogP contribution in [0.1, 0.15) is 5.56 Å². The number of nitrogens with zero attached hydrogens (tertiary/aromatic N) is 5. The maximum atomic E-state index is 11.0. The molecule has 1 aromatic carbocycles. The highest BCUT2D eigenvalue weighted by Gasteiger charge is 2.22. The fourth-order valence-electron chi connectivity index (χ4n) is 1.70. The first-order valence-electron chi connectivity index (χ1n) is 5.44. The fraction of sp³-hybridized carbons (Fsp3) is 0.0833. The lowest BCUT2D eigenvalue weighted by molar-refractivity contribution is -0.384. The molecule has 8 heteroatoms. The van der Waals surface area contributed by atoms with E-state index in [1.54, 1.807) is 31.3 Å². The minimum absolute atomic E-state index is 0.0256. The molecule has 1 aromatic heterocycles. The molecule has 1 heterocycles. The van der Waals surface area contributed by atoms with Crippen LogP contribution in [0, 0.1) is 21.4 Å². The number of nitriles is 1. The number of hydrogen-bond acceptors (Lipinski definition) is 6. The minimum atomic E-state index is -0.600. The van der Waals surface area contributed by atoms with Crippen LogP contribution < -0.4 is 4.90 Å². The van der Waals surface area contributed by atoms with Gasteiger partial charge in [-0.15, -0.1) is 0 Å². The number of nitro groups is 1. The van der Waals surface area contributed by atoms with Gasteiger partial charge in [-0.2, -0.15) is 10.2 Å². The predicted molar refractivity (Wildman–Crippen MR) is 72.9 cm³/mol. The molecule has 0 saturated heterocycles. The third kappa shape index (κ3) is 2.50. The van der Waals surface area contributed by atoms with E-state index in [2.05, 4.69) is 9.97 Å². The summed E-state index contributed by atoms with van der Waals surface area (Å²) in [6, 6.07) is 8.73. The average molecular weight is 290 g/mol. The number of hydrogen-bond donors (Lipinski definition) is 0. The van der Waals surface area contributed by atoms with Crippen molar-refractivity contribution in [3.63, 3.8) is 0 Å². The van der Waals surface area contributed by atoms with Gasteiger partial charge in [0.15, 0.2) is 0 Å². The maximum Gasteiger partial charge on any atom is 0.330 e. The van der Waals surface area contributed by atoms with E-state index in [0.29, 0.717) is 11.3 Å². The van der Waals surface area contributed by atoms with E-state index >= 15 is 0 Å². The van der Waals surface area contributed by atoms with Gasteiger partial charge < -0.3 is 4.90 Å². The van der Waals surface area contributed by atoms with Gasteiger partial charge in [0.25, 0.3) is 0 Å². The van der Waals surface area contributed by atoms with E-state index in [9.17, 15) is 10.1 Å². The highest BCUT2D eigenvalue weighted by Crippen LogP contribution is 2.32. The lowest BCUT2D eigenvalue weighted by Crippen LogP contribution is -2.15. The van der Waals surface area contributed by atoms with Gasteiger partial charge in [-0.3, -0.25) is 10.1 Å². The van der Waals surface area contributed by atoms with Crippen LogP contribution in [-0.4, -0.2) is 21.9 Å². The first-order chi connectivity index (χ1) is 9.54. The van der Waals surface area contributed by atoms with Crippen LogP contribution in [0.2, 0.25) is 5.28 Å². The largest absolute Gasteiger partial charge is 0.330 e. The van der Waals surface area contributed by atoms with Gasteiger partial charge in [0.2, 0.25) is 11.1 Å². The zero-order valence-electron chi connectivity index (χ0n) is 10.3. The number of benzene rings is 1. The van der Waals surface area contributed by atoms with Crippen LogP contribution in [0.25, 0.3) is 0 Å². The summed E-state index contributed by atoms with van der Waals surface area (Å²) >= 11 is 5.69. The van der Waals surface area contributed by atoms with Gasteiger partial charge in [-0.1, -0.05) is 12.1 Å². The Morgan fingerprint density at radius 3 is 2.80 bits per heavy atom. The predicted octanol–water partition coefficient (Wildman–Crippen LogP) is 2.68. The maximum absolute atomic E-state index is 11.0. The molecule has 7 nitrogen and oxygen atoms in total. The molecule has 0 aliphatic heterocycles. The Morgan fingerprint density at radius 2 is 2.15 bits per heavy atom. The summed E-state index contributed by atoms with van der Waals surface area (Å²) in [4.78, 5) is 19.3. The van der Waals surface area contributed by atoms with Crippen molar-refractivity contribution < 1.29 is 4.92 Å². The zero-order chi connectivity index (χ0) is 14.7. The molecular formula is C12H8ClN5O2. The molecule has 0 unspecified atom stereocenters. The van der Waals surface area contributed by atoms with Gasteiger partial charge in [0.05, 0.1) is 16.2 Å². The Bertz CT molecular complexity index is 713. The summed E-state index contributed by atoms with van der Waals surface area (Å²) < 4.78 is 0. The van der Waals surface area contributed by atoms with Crippen LogP contribution in [0.15, 0.2) is 30.5 Å². The van der Waals surface area contributed by atoms with E-state index in [1.165, 1.54) is 4.90 Å². The van der Waals surface area contributed by atoms with Crippen molar-refractivity contribution in [2.75, 3.05) is 11.9 Å². The zero-order valence-corrected chi connectivity index (χ0v) is 11.1.